The molecule has 1 saturated carbocycles. The van der Waals surface area contributed by atoms with E-state index >= 15 is 0 Å². The van der Waals surface area contributed by atoms with Crippen LogP contribution in [0.25, 0.3) is 0 Å². The van der Waals surface area contributed by atoms with Crippen LogP contribution in [-0.4, -0.2) is 23.0 Å². The lowest BCUT2D eigenvalue weighted by atomic mass is 9.85. The van der Waals surface area contributed by atoms with Crippen LogP contribution >= 0.6 is 0 Å². The standard InChI is InChI=1S/C16H21NO3/c1-10-6-11(2)8-13(7-10)15(18)17-14-5-3-4-12(9-14)16(19)20/h6-8,12,14H,3-5,9H2,1-2H3,(H,17,18)(H,19,20). The van der Waals surface area contributed by atoms with Crippen LogP contribution in [0.4, 0.5) is 0 Å². The second kappa shape index (κ2) is 6.07. The van der Waals surface area contributed by atoms with Gasteiger partial charge in [0.2, 0.25) is 0 Å². The van der Waals surface area contributed by atoms with Gasteiger partial charge in [0.05, 0.1) is 5.92 Å². The molecule has 1 aliphatic rings. The third kappa shape index (κ3) is 3.59. The van der Waals surface area contributed by atoms with Crippen molar-refractivity contribution in [3.63, 3.8) is 0 Å². The van der Waals surface area contributed by atoms with Crippen LogP contribution in [0.3, 0.4) is 0 Å². The van der Waals surface area contributed by atoms with Crippen molar-refractivity contribution < 1.29 is 14.7 Å². The summed E-state index contributed by atoms with van der Waals surface area (Å²) >= 11 is 0. The molecule has 0 radical (unpaired) electrons. The monoisotopic (exact) mass is 275 g/mol. The van der Waals surface area contributed by atoms with Crippen LogP contribution in [0.2, 0.25) is 0 Å². The molecule has 2 N–H and O–H groups in total. The van der Waals surface area contributed by atoms with Gasteiger partial charge in [-0.1, -0.05) is 23.6 Å². The number of aliphatic carboxylic acids is 1. The van der Waals surface area contributed by atoms with Crippen molar-refractivity contribution in [3.05, 3.63) is 34.9 Å². The highest BCUT2D eigenvalue weighted by atomic mass is 16.4. The Bertz CT molecular complexity index is 504. The molecule has 0 aromatic heterocycles. The molecule has 4 heteroatoms. The van der Waals surface area contributed by atoms with Crippen LogP contribution in [0.15, 0.2) is 18.2 Å². The van der Waals surface area contributed by atoms with Crippen LogP contribution in [0.5, 0.6) is 0 Å². The quantitative estimate of drug-likeness (QED) is 0.891. The van der Waals surface area contributed by atoms with Crippen molar-refractivity contribution in [1.82, 2.24) is 5.32 Å². The van der Waals surface area contributed by atoms with Crippen LogP contribution in [0.1, 0.15) is 47.2 Å². The zero-order valence-corrected chi connectivity index (χ0v) is 12.0. The van der Waals surface area contributed by atoms with Gasteiger partial charge < -0.3 is 10.4 Å². The summed E-state index contributed by atoms with van der Waals surface area (Å²) in [6, 6.07) is 5.72. The normalized spacial score (nSPS) is 22.3. The summed E-state index contributed by atoms with van der Waals surface area (Å²) in [4.78, 5) is 23.3. The van der Waals surface area contributed by atoms with Gasteiger partial charge in [-0.2, -0.15) is 0 Å². The van der Waals surface area contributed by atoms with Crippen molar-refractivity contribution in [1.29, 1.82) is 0 Å². The predicted octanol–water partition coefficient (Wildman–Crippen LogP) is 2.68. The number of benzene rings is 1. The van der Waals surface area contributed by atoms with Crippen LogP contribution < -0.4 is 5.32 Å². The van der Waals surface area contributed by atoms with Gasteiger partial charge in [-0.25, -0.2) is 0 Å². The number of amides is 1. The second-order valence-electron chi connectivity index (χ2n) is 5.75. The number of hydrogen-bond acceptors (Lipinski definition) is 2. The first-order valence-corrected chi connectivity index (χ1v) is 7.07. The smallest absolute Gasteiger partial charge is 0.306 e. The summed E-state index contributed by atoms with van der Waals surface area (Å²) < 4.78 is 0. The fraction of sp³-hybridized carbons (Fsp3) is 0.500. The first kappa shape index (κ1) is 14.6. The van der Waals surface area contributed by atoms with Crippen molar-refractivity contribution in [2.75, 3.05) is 0 Å². The summed E-state index contributed by atoms with van der Waals surface area (Å²) in [5.74, 6) is -1.18. The molecule has 2 unspecified atom stereocenters. The number of rotatable bonds is 3. The number of aryl methyl sites for hydroxylation is 2. The lowest BCUT2D eigenvalue weighted by Gasteiger charge is -2.27. The zero-order valence-electron chi connectivity index (χ0n) is 12.0. The minimum absolute atomic E-state index is 0.0295. The average Bonchev–Trinajstić information content (AvgIpc) is 2.37. The predicted molar refractivity (Wildman–Crippen MR) is 76.8 cm³/mol. The summed E-state index contributed by atoms with van der Waals surface area (Å²) in [5, 5.41) is 12.0. The Morgan fingerprint density at radius 3 is 2.40 bits per heavy atom. The fourth-order valence-electron chi connectivity index (χ4n) is 2.92. The topological polar surface area (TPSA) is 66.4 Å². The van der Waals surface area contributed by atoms with Gasteiger partial charge in [-0.15, -0.1) is 0 Å². The molecule has 0 heterocycles. The Hall–Kier alpha value is -1.84. The largest absolute Gasteiger partial charge is 0.481 e. The van der Waals surface area contributed by atoms with Gasteiger partial charge in [-0.3, -0.25) is 9.59 Å². The van der Waals surface area contributed by atoms with Crippen molar-refractivity contribution in [2.24, 2.45) is 5.92 Å². The maximum absolute atomic E-state index is 12.2. The average molecular weight is 275 g/mol. The molecule has 1 aliphatic carbocycles. The van der Waals surface area contributed by atoms with E-state index in [4.69, 9.17) is 5.11 Å². The first-order chi connectivity index (χ1) is 9.45. The molecular weight excluding hydrogens is 254 g/mol. The number of carboxylic acids is 1. The molecule has 1 aromatic carbocycles. The fourth-order valence-corrected chi connectivity index (χ4v) is 2.92. The van der Waals surface area contributed by atoms with E-state index in [9.17, 15) is 9.59 Å². The van der Waals surface area contributed by atoms with E-state index in [1.165, 1.54) is 0 Å². The molecular formula is C16H21NO3. The van der Waals surface area contributed by atoms with E-state index in [2.05, 4.69) is 5.32 Å². The maximum atomic E-state index is 12.2. The van der Waals surface area contributed by atoms with E-state index in [-0.39, 0.29) is 17.9 Å². The number of nitrogens with one attached hydrogen (secondary N) is 1. The van der Waals surface area contributed by atoms with Gasteiger partial charge in [0, 0.05) is 11.6 Å². The highest BCUT2D eigenvalue weighted by Gasteiger charge is 2.27. The molecule has 4 nitrogen and oxygen atoms in total. The Morgan fingerprint density at radius 1 is 1.15 bits per heavy atom. The van der Waals surface area contributed by atoms with E-state index < -0.39 is 5.97 Å². The number of carboxylic acid groups (broad SMARTS) is 1. The van der Waals surface area contributed by atoms with Gasteiger partial charge >= 0.3 is 5.97 Å². The Kier molecular flexibility index (Phi) is 4.42. The highest BCUT2D eigenvalue weighted by molar-refractivity contribution is 5.94. The van der Waals surface area contributed by atoms with Crippen molar-refractivity contribution in [2.45, 2.75) is 45.6 Å². The summed E-state index contributed by atoms with van der Waals surface area (Å²) in [7, 11) is 0. The highest BCUT2D eigenvalue weighted by Crippen LogP contribution is 2.24. The maximum Gasteiger partial charge on any atom is 0.306 e. The molecule has 2 rings (SSSR count). The lowest BCUT2D eigenvalue weighted by molar-refractivity contribution is -0.143. The van der Waals surface area contributed by atoms with Crippen molar-refractivity contribution in [3.8, 4) is 0 Å². The summed E-state index contributed by atoms with van der Waals surface area (Å²) in [5.41, 5.74) is 2.77. The SMILES string of the molecule is Cc1cc(C)cc(C(=O)NC2CCCC(C(=O)O)C2)c1. The van der Waals surface area contributed by atoms with Gasteiger partial charge in [-0.05, 0) is 45.2 Å². The molecule has 20 heavy (non-hydrogen) atoms. The van der Waals surface area contributed by atoms with Crippen molar-refractivity contribution >= 4 is 11.9 Å². The lowest BCUT2D eigenvalue weighted by Crippen LogP contribution is -2.40. The Morgan fingerprint density at radius 2 is 1.80 bits per heavy atom. The molecule has 0 saturated heterocycles. The molecule has 0 aliphatic heterocycles. The van der Waals surface area contributed by atoms with Gasteiger partial charge in [0.25, 0.3) is 5.91 Å². The minimum Gasteiger partial charge on any atom is -0.481 e. The Labute approximate surface area is 119 Å². The number of hydrogen-bond donors (Lipinski definition) is 2. The van der Waals surface area contributed by atoms with Gasteiger partial charge in [0.1, 0.15) is 0 Å². The van der Waals surface area contributed by atoms with Gasteiger partial charge in [0.15, 0.2) is 0 Å². The van der Waals surface area contributed by atoms with Crippen LogP contribution in [-0.2, 0) is 4.79 Å². The number of carbonyl (C=O) groups is 2. The summed E-state index contributed by atoms with van der Waals surface area (Å²) in [6.07, 6.45) is 2.96. The van der Waals surface area contributed by atoms with Crippen LogP contribution in [0, 0.1) is 19.8 Å². The molecule has 1 amide bonds. The first-order valence-electron chi connectivity index (χ1n) is 7.07. The van der Waals surface area contributed by atoms with E-state index in [1.54, 1.807) is 0 Å². The zero-order chi connectivity index (χ0) is 14.7. The number of carbonyl (C=O) groups excluding carboxylic acids is 1. The summed E-state index contributed by atoms with van der Waals surface area (Å²) in [6.45, 7) is 3.93. The molecule has 2 atom stereocenters. The van der Waals surface area contributed by atoms with E-state index in [0.717, 1.165) is 24.0 Å². The third-order valence-corrected chi connectivity index (χ3v) is 3.84. The third-order valence-electron chi connectivity index (χ3n) is 3.84. The van der Waals surface area contributed by atoms with E-state index in [1.807, 2.05) is 32.0 Å². The Balaban J connectivity index is 2.02. The molecule has 0 bridgehead atoms. The minimum atomic E-state index is -0.754. The second-order valence-corrected chi connectivity index (χ2v) is 5.75. The molecule has 108 valence electrons. The molecule has 1 fully saturated rings. The molecule has 0 spiro atoms. The van der Waals surface area contributed by atoms with E-state index in [0.29, 0.717) is 18.4 Å². The molecule has 1 aromatic rings.